The number of aliphatic hydroxyl groups excluding tert-OH is 1. The molecule has 0 spiro atoms. The normalized spacial score (nSPS) is 12.6. The Labute approximate surface area is 234 Å². The van der Waals surface area contributed by atoms with E-state index in [-0.39, 0.29) is 24.3 Å². The largest absolute Gasteiger partial charge is 0.508 e. The summed E-state index contributed by atoms with van der Waals surface area (Å²) < 4.78 is 5.41. The first-order valence-electron chi connectivity index (χ1n) is 13.1. The van der Waals surface area contributed by atoms with E-state index in [4.69, 9.17) is 4.74 Å². The molecule has 40 heavy (non-hydrogen) atoms. The maximum Gasteiger partial charge on any atom is 0.408 e. The van der Waals surface area contributed by atoms with Gasteiger partial charge in [0.1, 0.15) is 23.4 Å². The number of nitrogens with one attached hydrogen (secondary N) is 2. The minimum atomic E-state index is -1.32. The Kier molecular flexibility index (Phi) is 10.3. The average Bonchev–Trinajstić information content (AvgIpc) is 2.89. The Hall–Kier alpha value is -4.37. The summed E-state index contributed by atoms with van der Waals surface area (Å²) in [6, 6.07) is 20.0. The average molecular weight is 548 g/mol. The molecule has 212 valence electrons. The standard InChI is InChI=1S/C31H37N3O6/c1-21-12-8-10-16-24(21)32-28(37)27(23-15-9-11-17-26(23)36)34(18-19-35)29(38)25(20-22-13-6-5-7-14-22)33-30(39)40-31(2,3)4/h5-17,25,27,35-36H,18-20H2,1-4H3,(H,32,37)(H,33,39). The molecule has 2 unspecified atom stereocenters. The van der Waals surface area contributed by atoms with E-state index in [1.165, 1.54) is 11.0 Å². The molecule has 4 N–H and O–H groups in total. The van der Waals surface area contributed by atoms with Crippen LogP contribution in [0.5, 0.6) is 5.75 Å². The fraction of sp³-hybridized carbons (Fsp3) is 0.323. The van der Waals surface area contributed by atoms with Crippen LogP contribution in [-0.4, -0.2) is 57.8 Å². The number of alkyl carbamates (subject to hydrolysis) is 1. The number of hydrogen-bond donors (Lipinski definition) is 4. The first-order valence-corrected chi connectivity index (χ1v) is 13.1. The van der Waals surface area contributed by atoms with Gasteiger partial charge in [-0.15, -0.1) is 0 Å². The summed E-state index contributed by atoms with van der Waals surface area (Å²) in [4.78, 5) is 41.9. The topological polar surface area (TPSA) is 128 Å². The van der Waals surface area contributed by atoms with Gasteiger partial charge in [0.15, 0.2) is 0 Å². The van der Waals surface area contributed by atoms with E-state index in [9.17, 15) is 24.6 Å². The number of ether oxygens (including phenoxy) is 1. The Bertz CT molecular complexity index is 1310. The van der Waals surface area contributed by atoms with Gasteiger partial charge in [-0.2, -0.15) is 0 Å². The van der Waals surface area contributed by atoms with Gasteiger partial charge in [-0.25, -0.2) is 4.79 Å². The van der Waals surface area contributed by atoms with Gasteiger partial charge in [-0.05, 0) is 51.0 Å². The smallest absolute Gasteiger partial charge is 0.408 e. The van der Waals surface area contributed by atoms with Gasteiger partial charge in [-0.3, -0.25) is 9.59 Å². The maximum atomic E-state index is 14.2. The molecule has 9 nitrogen and oxygen atoms in total. The summed E-state index contributed by atoms with van der Waals surface area (Å²) in [5, 5.41) is 26.2. The number of phenolic OH excluding ortho intramolecular Hbond substituents is 1. The molecule has 0 aromatic heterocycles. The molecule has 0 aliphatic carbocycles. The van der Waals surface area contributed by atoms with Crippen molar-refractivity contribution in [2.75, 3.05) is 18.5 Å². The van der Waals surface area contributed by atoms with Crippen molar-refractivity contribution in [1.82, 2.24) is 10.2 Å². The van der Waals surface area contributed by atoms with E-state index in [2.05, 4.69) is 10.6 Å². The van der Waals surface area contributed by atoms with Crippen molar-refractivity contribution < 1.29 is 29.3 Å². The van der Waals surface area contributed by atoms with E-state index >= 15 is 0 Å². The summed E-state index contributed by atoms with van der Waals surface area (Å²) in [7, 11) is 0. The highest BCUT2D eigenvalue weighted by Gasteiger charge is 2.37. The molecular formula is C31H37N3O6. The third kappa shape index (κ3) is 8.31. The number of aryl methyl sites for hydroxylation is 1. The van der Waals surface area contributed by atoms with Crippen LogP contribution in [0.3, 0.4) is 0 Å². The van der Waals surface area contributed by atoms with Gasteiger partial charge in [0.05, 0.1) is 6.61 Å². The van der Waals surface area contributed by atoms with E-state index < -0.39 is 42.2 Å². The molecule has 3 aromatic rings. The number of phenols is 1. The number of nitrogens with zero attached hydrogens (tertiary/aromatic N) is 1. The van der Waals surface area contributed by atoms with Crippen LogP contribution in [0, 0.1) is 6.92 Å². The zero-order valence-corrected chi connectivity index (χ0v) is 23.3. The number of benzene rings is 3. The molecule has 0 radical (unpaired) electrons. The number of hydrogen-bond acceptors (Lipinski definition) is 6. The molecule has 0 aliphatic heterocycles. The quantitative estimate of drug-likeness (QED) is 0.299. The first kappa shape index (κ1) is 30.2. The molecule has 0 saturated heterocycles. The van der Waals surface area contributed by atoms with E-state index in [0.717, 1.165) is 11.1 Å². The van der Waals surface area contributed by atoms with Crippen LogP contribution in [-0.2, 0) is 20.7 Å². The predicted molar refractivity (Wildman–Crippen MR) is 153 cm³/mol. The Balaban J connectivity index is 2.04. The Morgan fingerprint density at radius 2 is 1.55 bits per heavy atom. The second kappa shape index (κ2) is 13.6. The number of amides is 3. The van der Waals surface area contributed by atoms with Gasteiger partial charge in [0, 0.05) is 24.2 Å². The summed E-state index contributed by atoms with van der Waals surface area (Å²) in [6.07, 6.45) is -0.692. The summed E-state index contributed by atoms with van der Waals surface area (Å²) in [6.45, 7) is 6.27. The lowest BCUT2D eigenvalue weighted by Crippen LogP contribution is -2.53. The van der Waals surface area contributed by atoms with E-state index in [1.807, 2.05) is 49.4 Å². The van der Waals surface area contributed by atoms with Crippen LogP contribution in [0.1, 0.15) is 43.5 Å². The van der Waals surface area contributed by atoms with Crippen molar-refractivity contribution in [3.63, 3.8) is 0 Å². The number of aliphatic hydroxyl groups is 1. The van der Waals surface area contributed by atoms with Crippen molar-refractivity contribution in [3.05, 3.63) is 95.6 Å². The highest BCUT2D eigenvalue weighted by molar-refractivity contribution is 5.99. The third-order valence-electron chi connectivity index (χ3n) is 6.09. The minimum absolute atomic E-state index is 0.105. The first-order chi connectivity index (χ1) is 19.0. The minimum Gasteiger partial charge on any atom is -0.508 e. The van der Waals surface area contributed by atoms with Crippen molar-refractivity contribution in [2.45, 2.75) is 51.8 Å². The van der Waals surface area contributed by atoms with Gasteiger partial charge in [-0.1, -0.05) is 66.7 Å². The molecule has 9 heteroatoms. The van der Waals surface area contributed by atoms with Gasteiger partial charge < -0.3 is 30.5 Å². The molecule has 0 heterocycles. The SMILES string of the molecule is Cc1ccccc1NC(=O)C(c1ccccc1O)N(CCO)C(=O)C(Cc1ccccc1)NC(=O)OC(C)(C)C. The molecular weight excluding hydrogens is 510 g/mol. The molecule has 3 amide bonds. The van der Waals surface area contributed by atoms with Crippen LogP contribution < -0.4 is 10.6 Å². The van der Waals surface area contributed by atoms with Gasteiger partial charge in [0.2, 0.25) is 5.91 Å². The van der Waals surface area contributed by atoms with Crippen molar-refractivity contribution in [3.8, 4) is 5.75 Å². The second-order valence-electron chi connectivity index (χ2n) is 10.4. The monoisotopic (exact) mass is 547 g/mol. The van der Waals surface area contributed by atoms with Crippen LogP contribution in [0.4, 0.5) is 10.5 Å². The molecule has 3 rings (SSSR count). The summed E-state index contributed by atoms with van der Waals surface area (Å²) in [5.41, 5.74) is 1.48. The highest BCUT2D eigenvalue weighted by Crippen LogP contribution is 2.31. The third-order valence-corrected chi connectivity index (χ3v) is 6.09. The number of carbonyl (C=O) groups excluding carboxylic acids is 3. The van der Waals surface area contributed by atoms with Gasteiger partial charge >= 0.3 is 6.09 Å². The predicted octanol–water partition coefficient (Wildman–Crippen LogP) is 4.34. The lowest BCUT2D eigenvalue weighted by molar-refractivity contribution is -0.141. The van der Waals surface area contributed by atoms with Crippen LogP contribution in [0.25, 0.3) is 0 Å². The van der Waals surface area contributed by atoms with E-state index in [1.54, 1.807) is 51.1 Å². The maximum absolute atomic E-state index is 14.2. The van der Waals surface area contributed by atoms with Crippen LogP contribution in [0.2, 0.25) is 0 Å². The summed E-state index contributed by atoms with van der Waals surface area (Å²) >= 11 is 0. The van der Waals surface area contributed by atoms with Crippen molar-refractivity contribution in [1.29, 1.82) is 0 Å². The fourth-order valence-electron chi connectivity index (χ4n) is 4.26. The molecule has 0 bridgehead atoms. The highest BCUT2D eigenvalue weighted by atomic mass is 16.6. The zero-order chi connectivity index (χ0) is 29.3. The van der Waals surface area contributed by atoms with Crippen LogP contribution in [0.15, 0.2) is 78.9 Å². The fourth-order valence-corrected chi connectivity index (χ4v) is 4.26. The number of carbonyl (C=O) groups is 3. The molecule has 0 saturated carbocycles. The number of para-hydroxylation sites is 2. The Morgan fingerprint density at radius 1 is 0.925 bits per heavy atom. The van der Waals surface area contributed by atoms with Gasteiger partial charge in [0.25, 0.3) is 5.91 Å². The van der Waals surface area contributed by atoms with Crippen LogP contribution >= 0.6 is 0 Å². The van der Waals surface area contributed by atoms with Crippen molar-refractivity contribution >= 4 is 23.6 Å². The molecule has 0 aliphatic rings. The lowest BCUT2D eigenvalue weighted by Gasteiger charge is -2.34. The number of rotatable bonds is 10. The van der Waals surface area contributed by atoms with E-state index in [0.29, 0.717) is 5.69 Å². The molecule has 2 atom stereocenters. The zero-order valence-electron chi connectivity index (χ0n) is 23.3. The molecule has 0 fully saturated rings. The lowest BCUT2D eigenvalue weighted by atomic mass is 9.99. The Morgan fingerprint density at radius 3 is 2.17 bits per heavy atom. The molecule has 3 aromatic carbocycles. The number of anilines is 1. The second-order valence-corrected chi connectivity index (χ2v) is 10.4. The van der Waals surface area contributed by atoms with Crippen molar-refractivity contribution in [2.24, 2.45) is 0 Å². The number of aromatic hydroxyl groups is 1. The summed E-state index contributed by atoms with van der Waals surface area (Å²) in [5.74, 6) is -1.41.